The van der Waals surface area contributed by atoms with Crippen molar-refractivity contribution < 1.29 is 0 Å². The van der Waals surface area contributed by atoms with Gasteiger partial charge in [-0.2, -0.15) is 0 Å². The minimum Gasteiger partial charge on any atom is -0.355 e. The van der Waals surface area contributed by atoms with Crippen LogP contribution >= 0.6 is 0 Å². The second kappa shape index (κ2) is 10.3. The van der Waals surface area contributed by atoms with Crippen LogP contribution in [-0.2, 0) is 6.42 Å². The first-order chi connectivity index (χ1) is 15.3. The molecule has 1 fully saturated rings. The average molecular weight is 413 g/mol. The summed E-state index contributed by atoms with van der Waals surface area (Å²) in [6.07, 6.45) is 9.48. The number of aryl methyl sites for hydroxylation is 1. The summed E-state index contributed by atoms with van der Waals surface area (Å²) in [7, 11) is 0. The molecule has 2 aliphatic heterocycles. The zero-order valence-corrected chi connectivity index (χ0v) is 18.3. The molecule has 4 rings (SSSR count). The Morgan fingerprint density at radius 1 is 1.10 bits per heavy atom. The summed E-state index contributed by atoms with van der Waals surface area (Å²) in [6.45, 7) is 8.99. The maximum atomic E-state index is 5.12. The van der Waals surface area contributed by atoms with E-state index in [0.717, 1.165) is 67.4 Å². The molecule has 2 N–H and O–H groups in total. The molecule has 4 nitrogen and oxygen atoms in total. The molecule has 0 amide bonds. The van der Waals surface area contributed by atoms with Gasteiger partial charge in [0, 0.05) is 36.9 Å². The van der Waals surface area contributed by atoms with Crippen LogP contribution in [0.1, 0.15) is 25.3 Å². The number of para-hydroxylation sites is 2. The lowest BCUT2D eigenvalue weighted by Gasteiger charge is -2.25. The van der Waals surface area contributed by atoms with Gasteiger partial charge in [-0.1, -0.05) is 61.2 Å². The van der Waals surface area contributed by atoms with Crippen molar-refractivity contribution in [3.63, 3.8) is 0 Å². The molecule has 1 saturated heterocycles. The molecular weight excluding hydrogens is 380 g/mol. The number of nitrogens with zero attached hydrogens (tertiary/aromatic N) is 2. The smallest absolute Gasteiger partial charge is 0.138 e. The molecule has 0 aromatic heterocycles. The van der Waals surface area contributed by atoms with E-state index in [0.29, 0.717) is 6.04 Å². The minimum absolute atomic E-state index is 0.523. The number of aliphatic imine (C=N–C) groups is 1. The molecule has 31 heavy (non-hydrogen) atoms. The van der Waals surface area contributed by atoms with Crippen LogP contribution in [0.4, 0.5) is 11.4 Å². The van der Waals surface area contributed by atoms with Crippen molar-refractivity contribution >= 4 is 17.2 Å². The molecule has 0 saturated carbocycles. The third-order valence-electron chi connectivity index (χ3n) is 5.95. The molecule has 0 spiro atoms. The summed E-state index contributed by atoms with van der Waals surface area (Å²) in [5, 5.41) is 7.29. The van der Waals surface area contributed by atoms with Gasteiger partial charge in [-0.15, -0.1) is 0 Å². The van der Waals surface area contributed by atoms with Crippen molar-refractivity contribution in [3.05, 3.63) is 96.2 Å². The van der Waals surface area contributed by atoms with Gasteiger partial charge in [0.15, 0.2) is 0 Å². The predicted molar refractivity (Wildman–Crippen MR) is 132 cm³/mol. The van der Waals surface area contributed by atoms with Crippen molar-refractivity contribution in [2.75, 3.05) is 25.0 Å². The van der Waals surface area contributed by atoms with Crippen LogP contribution in [0.5, 0.6) is 0 Å². The van der Waals surface area contributed by atoms with Gasteiger partial charge in [-0.05, 0) is 50.0 Å². The molecule has 2 aromatic rings. The first kappa shape index (κ1) is 21.1. The predicted octanol–water partition coefficient (Wildman–Crippen LogP) is 5.46. The van der Waals surface area contributed by atoms with E-state index in [-0.39, 0.29) is 0 Å². The quantitative estimate of drug-likeness (QED) is 0.685. The van der Waals surface area contributed by atoms with E-state index < -0.39 is 0 Å². The topological polar surface area (TPSA) is 39.7 Å². The van der Waals surface area contributed by atoms with Crippen LogP contribution in [0.2, 0.25) is 0 Å². The highest BCUT2D eigenvalue weighted by atomic mass is 15.2. The number of benzene rings is 2. The van der Waals surface area contributed by atoms with Crippen molar-refractivity contribution in [3.8, 4) is 0 Å². The normalized spacial score (nSPS) is 19.3. The third kappa shape index (κ3) is 5.15. The lowest BCUT2D eigenvalue weighted by Crippen LogP contribution is -2.35. The Bertz CT molecular complexity index is 987. The fraction of sp³-hybridized carbons (Fsp3) is 0.296. The first-order valence-electron chi connectivity index (χ1n) is 11.2. The Kier molecular flexibility index (Phi) is 7.00. The fourth-order valence-electron chi connectivity index (χ4n) is 4.29. The number of nitrogens with one attached hydrogen (secondary N) is 2. The Labute approximate surface area is 186 Å². The summed E-state index contributed by atoms with van der Waals surface area (Å²) < 4.78 is 0. The molecular formula is C27H32N4. The lowest BCUT2D eigenvalue weighted by molar-refractivity contribution is 0.434. The van der Waals surface area contributed by atoms with E-state index in [4.69, 9.17) is 4.99 Å². The molecule has 2 aliphatic rings. The zero-order valence-electron chi connectivity index (χ0n) is 18.3. The van der Waals surface area contributed by atoms with Gasteiger partial charge in [-0.25, -0.2) is 4.99 Å². The number of hydrogen-bond acceptors (Lipinski definition) is 4. The number of fused-ring (bicyclic) bond motifs is 1. The molecule has 1 atom stereocenters. The van der Waals surface area contributed by atoms with E-state index in [2.05, 4.69) is 76.7 Å². The Balaban J connectivity index is 1.55. The summed E-state index contributed by atoms with van der Waals surface area (Å²) in [4.78, 5) is 7.55. The number of hydrogen-bond donors (Lipinski definition) is 2. The Morgan fingerprint density at radius 3 is 2.71 bits per heavy atom. The summed E-state index contributed by atoms with van der Waals surface area (Å²) in [5.74, 6) is 1.02. The van der Waals surface area contributed by atoms with Crippen molar-refractivity contribution in [1.29, 1.82) is 0 Å². The van der Waals surface area contributed by atoms with Crippen LogP contribution in [-0.4, -0.2) is 36.4 Å². The standard InChI is InChI=1S/C27H32N4/c1-3-10-23-24(4-2)29-25-13-8-9-14-26(25)30-27(23)31-19-17-22(28-18-20-31)16-15-21-11-6-5-7-12-21/h3-14,22,28-29H,2,15-20H2,1H3/b10-3+/t22-/m0/s1. The first-order valence-corrected chi connectivity index (χ1v) is 11.2. The Morgan fingerprint density at radius 2 is 1.90 bits per heavy atom. The molecule has 0 unspecified atom stereocenters. The van der Waals surface area contributed by atoms with Crippen molar-refractivity contribution in [2.24, 2.45) is 4.99 Å². The highest BCUT2D eigenvalue weighted by molar-refractivity contribution is 6.05. The fourth-order valence-corrected chi connectivity index (χ4v) is 4.29. The molecule has 160 valence electrons. The van der Waals surface area contributed by atoms with E-state index in [1.54, 1.807) is 0 Å². The SMILES string of the molecule is C=CC1=C(/C=C/C)C(N2CCN[C@@H](CCc3ccccc3)CC2)=Nc2ccccc2N1. The molecule has 0 radical (unpaired) electrons. The molecule has 2 heterocycles. The largest absolute Gasteiger partial charge is 0.355 e. The second-order valence-electron chi connectivity index (χ2n) is 8.06. The van der Waals surface area contributed by atoms with Crippen LogP contribution < -0.4 is 10.6 Å². The van der Waals surface area contributed by atoms with Crippen LogP contribution in [0, 0.1) is 0 Å². The lowest BCUT2D eigenvalue weighted by atomic mass is 10.0. The second-order valence-corrected chi connectivity index (χ2v) is 8.06. The van der Waals surface area contributed by atoms with Gasteiger partial charge in [0.25, 0.3) is 0 Å². The van der Waals surface area contributed by atoms with E-state index >= 15 is 0 Å². The molecule has 0 aliphatic carbocycles. The molecule has 4 heteroatoms. The monoisotopic (exact) mass is 412 g/mol. The third-order valence-corrected chi connectivity index (χ3v) is 5.95. The average Bonchev–Trinajstić information content (AvgIpc) is 3.13. The zero-order chi connectivity index (χ0) is 21.5. The van der Waals surface area contributed by atoms with Gasteiger partial charge in [-0.3, -0.25) is 0 Å². The van der Waals surface area contributed by atoms with Gasteiger partial charge >= 0.3 is 0 Å². The summed E-state index contributed by atoms with van der Waals surface area (Å²) in [5.41, 5.74) is 5.49. The van der Waals surface area contributed by atoms with Crippen molar-refractivity contribution in [1.82, 2.24) is 10.2 Å². The number of rotatable bonds is 5. The van der Waals surface area contributed by atoms with Gasteiger partial charge in [0.05, 0.1) is 11.4 Å². The summed E-state index contributed by atoms with van der Waals surface area (Å²) >= 11 is 0. The maximum absolute atomic E-state index is 5.12. The number of anilines is 1. The van der Waals surface area contributed by atoms with Gasteiger partial charge in [0.2, 0.25) is 0 Å². The maximum Gasteiger partial charge on any atom is 0.138 e. The van der Waals surface area contributed by atoms with E-state index in [1.807, 2.05) is 25.1 Å². The van der Waals surface area contributed by atoms with Crippen LogP contribution in [0.3, 0.4) is 0 Å². The molecule has 0 bridgehead atoms. The van der Waals surface area contributed by atoms with Crippen LogP contribution in [0.15, 0.2) is 95.7 Å². The summed E-state index contributed by atoms with van der Waals surface area (Å²) in [6, 6.07) is 19.5. The number of allylic oxidation sites excluding steroid dienone is 2. The van der Waals surface area contributed by atoms with Crippen LogP contribution in [0.25, 0.3) is 0 Å². The highest BCUT2D eigenvalue weighted by Crippen LogP contribution is 2.32. The number of amidine groups is 1. The van der Waals surface area contributed by atoms with E-state index in [1.165, 1.54) is 5.56 Å². The van der Waals surface area contributed by atoms with E-state index in [9.17, 15) is 0 Å². The van der Waals surface area contributed by atoms with Gasteiger partial charge in [0.1, 0.15) is 5.84 Å². The Hall–Kier alpha value is -3.11. The van der Waals surface area contributed by atoms with Crippen molar-refractivity contribution in [2.45, 2.75) is 32.2 Å². The minimum atomic E-state index is 0.523. The molecule has 2 aromatic carbocycles. The highest BCUT2D eigenvalue weighted by Gasteiger charge is 2.24. The van der Waals surface area contributed by atoms with Gasteiger partial charge < -0.3 is 15.5 Å².